The van der Waals surface area contributed by atoms with Gasteiger partial charge in [0, 0.05) is 16.8 Å². The fourth-order valence-electron chi connectivity index (χ4n) is 3.11. The Bertz CT molecular complexity index is 957. The molecular formula is C24H24N3O+. The summed E-state index contributed by atoms with van der Waals surface area (Å²) in [5.74, 6) is -0.0715. The van der Waals surface area contributed by atoms with Crippen LogP contribution in [0.15, 0.2) is 78.9 Å². The third-order valence-electron chi connectivity index (χ3n) is 4.77. The molecule has 0 spiro atoms. The number of aryl methyl sites for hydroxylation is 1. The van der Waals surface area contributed by atoms with E-state index in [9.17, 15) is 4.79 Å². The van der Waals surface area contributed by atoms with Crippen LogP contribution in [0.3, 0.4) is 0 Å². The Morgan fingerprint density at radius 1 is 0.929 bits per heavy atom. The van der Waals surface area contributed by atoms with E-state index in [1.165, 1.54) is 5.56 Å². The number of hydrogen-bond donors (Lipinski definition) is 2. The minimum absolute atomic E-state index is 0.0310. The molecule has 3 aromatic rings. The molecule has 140 valence electrons. The van der Waals surface area contributed by atoms with Gasteiger partial charge in [0.15, 0.2) is 6.04 Å². The van der Waals surface area contributed by atoms with E-state index < -0.39 is 0 Å². The standard InChI is InChI=1S/C24H23N3O/c1-17-8-12-21(13-9-17)23(20-6-4-3-5-7-20)26-18(2)24(28)27-22-14-10-19(16-25)11-15-22/h3-15,18,23,26H,1-2H3,(H,27,28)/p+1/t18-,23-/m1/s1. The number of benzene rings is 3. The van der Waals surface area contributed by atoms with Gasteiger partial charge in [0.1, 0.15) is 6.04 Å². The zero-order chi connectivity index (χ0) is 19.9. The van der Waals surface area contributed by atoms with E-state index in [0.717, 1.165) is 11.1 Å². The summed E-state index contributed by atoms with van der Waals surface area (Å²) in [7, 11) is 0. The summed E-state index contributed by atoms with van der Waals surface area (Å²) in [5, 5.41) is 13.9. The monoisotopic (exact) mass is 370 g/mol. The van der Waals surface area contributed by atoms with E-state index in [-0.39, 0.29) is 18.0 Å². The van der Waals surface area contributed by atoms with E-state index >= 15 is 0 Å². The number of nitrogens with one attached hydrogen (secondary N) is 1. The van der Waals surface area contributed by atoms with Gasteiger partial charge in [-0.15, -0.1) is 0 Å². The molecule has 1 amide bonds. The molecule has 0 aliphatic rings. The van der Waals surface area contributed by atoms with E-state index in [2.05, 4.69) is 60.0 Å². The number of quaternary nitrogens is 1. The Balaban J connectivity index is 1.76. The lowest BCUT2D eigenvalue weighted by atomic mass is 9.97. The first kappa shape index (κ1) is 19.3. The van der Waals surface area contributed by atoms with Gasteiger partial charge in [-0.1, -0.05) is 60.2 Å². The fraction of sp³-hybridized carbons (Fsp3) is 0.167. The molecule has 0 heterocycles. The number of nitrogens with zero attached hydrogens (tertiary/aromatic N) is 1. The molecule has 3 rings (SSSR count). The molecule has 2 atom stereocenters. The van der Waals surface area contributed by atoms with Crippen molar-refractivity contribution in [2.75, 3.05) is 5.32 Å². The zero-order valence-corrected chi connectivity index (χ0v) is 16.1. The van der Waals surface area contributed by atoms with Crippen molar-refractivity contribution in [1.29, 1.82) is 5.26 Å². The van der Waals surface area contributed by atoms with E-state index in [0.29, 0.717) is 11.3 Å². The molecule has 0 aliphatic carbocycles. The lowest BCUT2D eigenvalue weighted by molar-refractivity contribution is -0.704. The summed E-state index contributed by atoms with van der Waals surface area (Å²) in [6.07, 6.45) is 0. The normalized spacial score (nSPS) is 12.6. The van der Waals surface area contributed by atoms with Crippen LogP contribution < -0.4 is 10.6 Å². The molecule has 4 heteroatoms. The van der Waals surface area contributed by atoms with Gasteiger partial charge < -0.3 is 10.6 Å². The molecule has 0 aliphatic heterocycles. The van der Waals surface area contributed by atoms with Crippen LogP contribution in [0.2, 0.25) is 0 Å². The first-order chi connectivity index (χ1) is 13.6. The second-order valence-electron chi connectivity index (χ2n) is 6.96. The van der Waals surface area contributed by atoms with Gasteiger partial charge in [-0.3, -0.25) is 4.79 Å². The third kappa shape index (κ3) is 4.85. The Hall–Kier alpha value is -3.42. The van der Waals surface area contributed by atoms with Crippen molar-refractivity contribution in [3.63, 3.8) is 0 Å². The van der Waals surface area contributed by atoms with Crippen LogP contribution in [0.4, 0.5) is 5.69 Å². The summed E-state index contributed by atoms with van der Waals surface area (Å²) < 4.78 is 0. The molecule has 0 unspecified atom stereocenters. The summed E-state index contributed by atoms with van der Waals surface area (Å²) >= 11 is 0. The van der Waals surface area contributed by atoms with Crippen LogP contribution in [-0.2, 0) is 4.79 Å². The summed E-state index contributed by atoms with van der Waals surface area (Å²) in [6, 6.07) is 27.4. The SMILES string of the molecule is Cc1ccc([C@H]([NH2+][C@H](C)C(=O)Nc2ccc(C#N)cc2)c2ccccc2)cc1. The quantitative estimate of drug-likeness (QED) is 0.697. The largest absolute Gasteiger partial charge is 0.326 e. The number of amides is 1. The van der Waals surface area contributed by atoms with Gasteiger partial charge >= 0.3 is 0 Å². The Morgan fingerprint density at radius 3 is 2.14 bits per heavy atom. The van der Waals surface area contributed by atoms with E-state index in [1.807, 2.05) is 25.1 Å². The van der Waals surface area contributed by atoms with Crippen LogP contribution in [0.25, 0.3) is 0 Å². The van der Waals surface area contributed by atoms with Gasteiger partial charge in [0.2, 0.25) is 0 Å². The summed E-state index contributed by atoms with van der Waals surface area (Å²) in [5.41, 5.74) is 4.79. The number of nitriles is 1. The minimum atomic E-state index is -0.290. The van der Waals surface area contributed by atoms with Crippen LogP contribution in [-0.4, -0.2) is 11.9 Å². The highest BCUT2D eigenvalue weighted by atomic mass is 16.2. The lowest BCUT2D eigenvalue weighted by Gasteiger charge is -2.21. The molecule has 0 aromatic heterocycles. The smallest absolute Gasteiger partial charge is 0.282 e. The van der Waals surface area contributed by atoms with Crippen LogP contribution in [0.1, 0.15) is 35.2 Å². The van der Waals surface area contributed by atoms with Crippen LogP contribution >= 0.6 is 0 Å². The van der Waals surface area contributed by atoms with Crippen molar-refractivity contribution in [3.05, 3.63) is 101 Å². The lowest BCUT2D eigenvalue weighted by Crippen LogP contribution is -2.92. The number of carbonyl (C=O) groups is 1. The Kier molecular flexibility index (Phi) is 6.21. The van der Waals surface area contributed by atoms with Crippen molar-refractivity contribution < 1.29 is 10.1 Å². The molecule has 3 aromatic carbocycles. The number of nitrogens with two attached hydrogens (primary N) is 1. The number of carbonyl (C=O) groups excluding carboxylic acids is 1. The van der Waals surface area contributed by atoms with Crippen LogP contribution in [0.5, 0.6) is 0 Å². The van der Waals surface area contributed by atoms with Crippen molar-refractivity contribution in [1.82, 2.24) is 0 Å². The molecule has 0 saturated heterocycles. The van der Waals surface area contributed by atoms with Crippen molar-refractivity contribution >= 4 is 11.6 Å². The third-order valence-corrected chi connectivity index (χ3v) is 4.77. The highest BCUT2D eigenvalue weighted by molar-refractivity contribution is 5.93. The van der Waals surface area contributed by atoms with Crippen molar-refractivity contribution in [3.8, 4) is 6.07 Å². The Morgan fingerprint density at radius 2 is 1.54 bits per heavy atom. The molecular weight excluding hydrogens is 346 g/mol. The molecule has 0 radical (unpaired) electrons. The van der Waals surface area contributed by atoms with E-state index in [4.69, 9.17) is 5.26 Å². The average molecular weight is 370 g/mol. The maximum atomic E-state index is 12.7. The van der Waals surface area contributed by atoms with Crippen molar-refractivity contribution in [2.45, 2.75) is 25.9 Å². The molecule has 0 fully saturated rings. The highest BCUT2D eigenvalue weighted by Crippen LogP contribution is 2.19. The van der Waals surface area contributed by atoms with Gasteiger partial charge in [-0.25, -0.2) is 0 Å². The van der Waals surface area contributed by atoms with Gasteiger partial charge in [-0.2, -0.15) is 5.26 Å². The summed E-state index contributed by atoms with van der Waals surface area (Å²) in [4.78, 5) is 12.7. The molecule has 4 nitrogen and oxygen atoms in total. The number of anilines is 1. The number of rotatable bonds is 6. The predicted octanol–water partition coefficient (Wildman–Crippen LogP) is 3.55. The first-order valence-electron chi connectivity index (χ1n) is 9.34. The van der Waals surface area contributed by atoms with Gasteiger partial charge in [-0.05, 0) is 38.1 Å². The molecule has 3 N–H and O–H groups in total. The maximum absolute atomic E-state index is 12.7. The zero-order valence-electron chi connectivity index (χ0n) is 16.1. The van der Waals surface area contributed by atoms with Crippen molar-refractivity contribution in [2.24, 2.45) is 0 Å². The summed E-state index contributed by atoms with van der Waals surface area (Å²) in [6.45, 7) is 3.97. The first-order valence-corrected chi connectivity index (χ1v) is 9.34. The maximum Gasteiger partial charge on any atom is 0.282 e. The molecule has 28 heavy (non-hydrogen) atoms. The number of hydrogen-bond acceptors (Lipinski definition) is 2. The Labute approximate surface area is 165 Å². The fourth-order valence-corrected chi connectivity index (χ4v) is 3.11. The average Bonchev–Trinajstić information content (AvgIpc) is 2.73. The van der Waals surface area contributed by atoms with Gasteiger partial charge in [0.25, 0.3) is 5.91 Å². The second kappa shape index (κ2) is 8.98. The second-order valence-corrected chi connectivity index (χ2v) is 6.96. The molecule has 0 saturated carbocycles. The minimum Gasteiger partial charge on any atom is -0.326 e. The topological polar surface area (TPSA) is 69.5 Å². The highest BCUT2D eigenvalue weighted by Gasteiger charge is 2.24. The predicted molar refractivity (Wildman–Crippen MR) is 111 cm³/mol. The van der Waals surface area contributed by atoms with Crippen LogP contribution in [0, 0.1) is 18.3 Å². The van der Waals surface area contributed by atoms with E-state index in [1.54, 1.807) is 24.3 Å². The van der Waals surface area contributed by atoms with Gasteiger partial charge in [0.05, 0.1) is 11.6 Å². The molecule has 0 bridgehead atoms.